The maximum atomic E-state index is 11.6. The van der Waals surface area contributed by atoms with E-state index in [0.29, 0.717) is 11.3 Å². The molecule has 0 bridgehead atoms. The zero-order valence-corrected chi connectivity index (χ0v) is 13.9. The molecule has 21 heavy (non-hydrogen) atoms. The van der Waals surface area contributed by atoms with Gasteiger partial charge in [0, 0.05) is 5.75 Å². The van der Waals surface area contributed by atoms with E-state index in [1.54, 1.807) is 24.1 Å². The molecule has 1 N–H and O–H groups in total. The lowest BCUT2D eigenvalue weighted by atomic mass is 10.1. The summed E-state index contributed by atoms with van der Waals surface area (Å²) in [7, 11) is 1.38. The van der Waals surface area contributed by atoms with Gasteiger partial charge in [-0.25, -0.2) is 4.79 Å². The van der Waals surface area contributed by atoms with E-state index in [1.165, 1.54) is 52.1 Å². The molecule has 1 aromatic rings. The van der Waals surface area contributed by atoms with Gasteiger partial charge in [0.15, 0.2) is 0 Å². The van der Waals surface area contributed by atoms with Crippen LogP contribution in [0.15, 0.2) is 12.1 Å². The first-order chi connectivity index (χ1) is 10.3. The third-order valence-corrected chi connectivity index (χ3v) is 4.07. The molecule has 0 fully saturated rings. The molecule has 0 aliphatic carbocycles. The molecule has 1 rings (SSSR count). The molecule has 0 saturated carbocycles. The number of esters is 1. The van der Waals surface area contributed by atoms with E-state index < -0.39 is 0 Å². The van der Waals surface area contributed by atoms with Crippen molar-refractivity contribution >= 4 is 23.6 Å². The number of rotatable bonds is 11. The van der Waals surface area contributed by atoms with Crippen molar-refractivity contribution in [3.05, 3.63) is 29.8 Å². The van der Waals surface area contributed by atoms with Crippen LogP contribution in [0, 0.1) is 12.1 Å². The second-order valence-electron chi connectivity index (χ2n) is 4.95. The fraction of sp³-hybridized carbons (Fsp3) is 0.588. The summed E-state index contributed by atoms with van der Waals surface area (Å²) >= 11 is 1.61. The highest BCUT2D eigenvalue weighted by Crippen LogP contribution is 2.18. The molecule has 3 nitrogen and oxygen atoms in total. The van der Waals surface area contributed by atoms with Crippen LogP contribution in [0.3, 0.4) is 0 Å². The minimum absolute atomic E-state index is 0.348. The van der Waals surface area contributed by atoms with E-state index in [-0.39, 0.29) is 5.97 Å². The zero-order chi connectivity index (χ0) is 15.3. The minimum atomic E-state index is -0.348. The van der Waals surface area contributed by atoms with E-state index in [0.717, 1.165) is 5.75 Å². The Labute approximate surface area is 133 Å². The molecule has 0 unspecified atom stereocenters. The Morgan fingerprint density at radius 3 is 2.67 bits per heavy atom. The van der Waals surface area contributed by atoms with Crippen molar-refractivity contribution < 1.29 is 9.53 Å². The van der Waals surface area contributed by atoms with E-state index in [1.807, 2.05) is 0 Å². The molecule has 0 radical (unpaired) electrons. The smallest absolute Gasteiger partial charge is 0.340 e. The molecular formula is C17H25NO2S. The predicted octanol–water partition coefficient (Wildman–Crippen LogP) is 4.88. The predicted molar refractivity (Wildman–Crippen MR) is 89.5 cm³/mol. The molecule has 116 valence electrons. The van der Waals surface area contributed by atoms with E-state index in [2.05, 4.69) is 23.8 Å². The van der Waals surface area contributed by atoms with Crippen molar-refractivity contribution in [2.24, 2.45) is 0 Å². The first-order valence-corrected chi connectivity index (χ1v) is 8.66. The van der Waals surface area contributed by atoms with Gasteiger partial charge in [-0.2, -0.15) is 0 Å². The fourth-order valence-corrected chi connectivity index (χ4v) is 2.76. The number of hydrogen-bond donors (Lipinski definition) is 1. The number of hydrogen-bond acceptors (Lipinski definition) is 4. The van der Waals surface area contributed by atoms with Crippen LogP contribution in [0.2, 0.25) is 0 Å². The Morgan fingerprint density at radius 1 is 1.24 bits per heavy atom. The minimum Gasteiger partial charge on any atom is -0.465 e. The van der Waals surface area contributed by atoms with Crippen molar-refractivity contribution in [3.63, 3.8) is 0 Å². The lowest BCUT2D eigenvalue weighted by molar-refractivity contribution is 0.0602. The largest absolute Gasteiger partial charge is 0.465 e. The van der Waals surface area contributed by atoms with Gasteiger partial charge in [0.1, 0.15) is 5.69 Å². The maximum Gasteiger partial charge on any atom is 0.340 e. The molecule has 0 heterocycles. The van der Waals surface area contributed by atoms with Gasteiger partial charge in [-0.1, -0.05) is 63.5 Å². The van der Waals surface area contributed by atoms with E-state index >= 15 is 0 Å². The number of carbonyl (C=O) groups is 1. The number of ether oxygens (including phenoxy) is 1. The number of unbranched alkanes of at least 4 members (excludes halogenated alkanes) is 6. The van der Waals surface area contributed by atoms with Gasteiger partial charge in [-0.15, -0.1) is 0 Å². The summed E-state index contributed by atoms with van der Waals surface area (Å²) in [4.78, 5) is 11.6. The first kappa shape index (κ1) is 17.7. The SMILES string of the molecule is CCCCCCCCCSNc1c#cccc1C(=O)OC. The van der Waals surface area contributed by atoms with Crippen molar-refractivity contribution in [3.8, 4) is 0 Å². The lowest BCUT2D eigenvalue weighted by Gasteiger charge is -2.07. The van der Waals surface area contributed by atoms with Crippen LogP contribution in [0.4, 0.5) is 5.69 Å². The second-order valence-corrected chi connectivity index (χ2v) is 5.86. The number of carbonyl (C=O) groups excluding carboxylic acids is 1. The highest BCUT2D eigenvalue weighted by Gasteiger charge is 2.10. The van der Waals surface area contributed by atoms with Gasteiger partial charge in [-0.05, 0) is 24.6 Å². The summed E-state index contributed by atoms with van der Waals surface area (Å²) in [6.45, 7) is 2.24. The molecule has 1 aromatic carbocycles. The van der Waals surface area contributed by atoms with Crippen LogP contribution in [0.5, 0.6) is 0 Å². The van der Waals surface area contributed by atoms with Gasteiger partial charge in [0.25, 0.3) is 0 Å². The third-order valence-electron chi connectivity index (χ3n) is 3.23. The molecule has 4 heteroatoms. The Balaban J connectivity index is 2.17. The Morgan fingerprint density at radius 2 is 1.95 bits per heavy atom. The monoisotopic (exact) mass is 307 g/mol. The zero-order valence-electron chi connectivity index (χ0n) is 13.0. The first-order valence-electron chi connectivity index (χ1n) is 7.68. The van der Waals surface area contributed by atoms with Crippen molar-refractivity contribution in [2.45, 2.75) is 51.9 Å². The third kappa shape index (κ3) is 7.29. The maximum absolute atomic E-state index is 11.6. The van der Waals surface area contributed by atoms with Crippen molar-refractivity contribution in [1.82, 2.24) is 0 Å². The molecular weight excluding hydrogens is 282 g/mol. The molecule has 0 saturated heterocycles. The Bertz CT molecular complexity index is 410. The van der Waals surface area contributed by atoms with E-state index in [9.17, 15) is 4.79 Å². The normalized spacial score (nSPS) is 10.0. The number of anilines is 1. The van der Waals surface area contributed by atoms with Gasteiger partial charge in [0.05, 0.1) is 12.7 Å². The Hall–Kier alpha value is -1.34. The number of methoxy groups -OCH3 is 1. The molecule has 0 aromatic heterocycles. The molecule has 0 aliphatic rings. The summed E-state index contributed by atoms with van der Waals surface area (Å²) < 4.78 is 7.92. The van der Waals surface area contributed by atoms with Crippen LogP contribution >= 0.6 is 11.9 Å². The van der Waals surface area contributed by atoms with E-state index in [4.69, 9.17) is 4.74 Å². The van der Waals surface area contributed by atoms with Crippen LogP contribution < -0.4 is 4.72 Å². The Kier molecular flexibility index (Phi) is 9.56. The fourth-order valence-electron chi connectivity index (χ4n) is 2.00. The average Bonchev–Trinajstić information content (AvgIpc) is 2.53. The topological polar surface area (TPSA) is 38.3 Å². The molecule has 0 aliphatic heterocycles. The molecule has 0 spiro atoms. The average molecular weight is 307 g/mol. The van der Waals surface area contributed by atoms with Crippen LogP contribution in [0.1, 0.15) is 62.2 Å². The standard InChI is InChI=1S/C17H25NO2S/c1-3-4-5-6-7-8-11-14-21-18-16-13-10-9-12-15(16)17(19)20-2/h9,12,18H,3-8,11,14H2,1-2H3. The summed E-state index contributed by atoms with van der Waals surface area (Å²) in [5.74, 6) is 0.677. The lowest BCUT2D eigenvalue weighted by Crippen LogP contribution is -2.04. The van der Waals surface area contributed by atoms with Crippen molar-refractivity contribution in [1.29, 1.82) is 0 Å². The summed E-state index contributed by atoms with van der Waals surface area (Å²) in [5, 5.41) is 0. The second kappa shape index (κ2) is 11.3. The van der Waals surface area contributed by atoms with Crippen LogP contribution in [-0.2, 0) is 4.74 Å². The van der Waals surface area contributed by atoms with Gasteiger partial charge < -0.3 is 9.46 Å². The molecule has 0 amide bonds. The van der Waals surface area contributed by atoms with Gasteiger partial charge >= 0.3 is 5.97 Å². The summed E-state index contributed by atoms with van der Waals surface area (Å²) in [6.07, 6.45) is 9.14. The summed E-state index contributed by atoms with van der Waals surface area (Å²) in [5.41, 5.74) is 1.15. The van der Waals surface area contributed by atoms with Crippen LogP contribution in [0.25, 0.3) is 0 Å². The quantitative estimate of drug-likeness (QED) is 0.359. The highest BCUT2D eigenvalue weighted by molar-refractivity contribution is 8.00. The van der Waals surface area contributed by atoms with Gasteiger partial charge in [0.2, 0.25) is 0 Å². The van der Waals surface area contributed by atoms with Crippen LogP contribution in [-0.4, -0.2) is 18.8 Å². The summed E-state index contributed by atoms with van der Waals surface area (Å²) in [6, 6.07) is 9.13. The molecule has 0 atom stereocenters. The highest BCUT2D eigenvalue weighted by atomic mass is 32.2. The number of nitrogens with one attached hydrogen (secondary N) is 1. The van der Waals surface area contributed by atoms with Crippen molar-refractivity contribution in [2.75, 3.05) is 17.6 Å². The van der Waals surface area contributed by atoms with Gasteiger partial charge in [-0.3, -0.25) is 0 Å².